The zero-order valence-corrected chi connectivity index (χ0v) is 11.2. The zero-order chi connectivity index (χ0) is 13.9. The average Bonchev–Trinajstić information content (AvgIpc) is 3.09. The molecular formula is C14H17BO5. The molecule has 106 valence electrons. The number of benzene rings is 1. The van der Waals surface area contributed by atoms with Crippen molar-refractivity contribution in [2.75, 3.05) is 13.2 Å². The quantitative estimate of drug-likeness (QED) is 0.631. The van der Waals surface area contributed by atoms with E-state index in [2.05, 4.69) is 0 Å². The molecule has 0 aliphatic carbocycles. The summed E-state index contributed by atoms with van der Waals surface area (Å²) in [4.78, 5) is 12.1. The van der Waals surface area contributed by atoms with E-state index in [0.29, 0.717) is 37.3 Å². The number of hydrogen-bond acceptors (Lipinski definition) is 5. The summed E-state index contributed by atoms with van der Waals surface area (Å²) in [6, 6.07) is 5.38. The first kappa shape index (κ1) is 13.8. The smallest absolute Gasteiger partial charge is 0.423 e. The Labute approximate surface area is 118 Å². The molecule has 20 heavy (non-hydrogen) atoms. The first-order valence-corrected chi connectivity index (χ1v) is 6.93. The third kappa shape index (κ3) is 2.93. The molecule has 3 rings (SSSR count). The number of fused-ring (bicyclic) bond motifs is 1. The van der Waals surface area contributed by atoms with Crippen LogP contribution >= 0.6 is 0 Å². The van der Waals surface area contributed by atoms with E-state index in [0.717, 1.165) is 18.4 Å². The second kappa shape index (κ2) is 6.05. The molecule has 0 bridgehead atoms. The van der Waals surface area contributed by atoms with Crippen LogP contribution in [0.15, 0.2) is 18.2 Å². The van der Waals surface area contributed by atoms with Gasteiger partial charge in [0.15, 0.2) is 12.1 Å². The summed E-state index contributed by atoms with van der Waals surface area (Å²) in [5.41, 5.74) is 2.28. The molecule has 1 aromatic rings. The van der Waals surface area contributed by atoms with E-state index in [1.54, 1.807) is 12.1 Å². The summed E-state index contributed by atoms with van der Waals surface area (Å²) in [5, 5.41) is 9.64. The standard InChI is InChI=1S/C14H17BO5/c16-13(2-1-3-14-18-6-7-19-14)10-4-5-11-9-20-15(17)12(11)8-10/h4-5,8,14,17H,1-3,6-7,9H2. The van der Waals surface area contributed by atoms with Crippen LogP contribution in [-0.4, -0.2) is 37.4 Å². The number of rotatable bonds is 5. The third-order valence-corrected chi connectivity index (χ3v) is 3.67. The van der Waals surface area contributed by atoms with Crippen LogP contribution in [0.4, 0.5) is 0 Å². The highest BCUT2D eigenvalue weighted by atomic mass is 16.7. The van der Waals surface area contributed by atoms with Gasteiger partial charge in [0.25, 0.3) is 0 Å². The van der Waals surface area contributed by atoms with Gasteiger partial charge in [-0.05, 0) is 23.9 Å². The highest BCUT2D eigenvalue weighted by Gasteiger charge is 2.28. The fourth-order valence-corrected chi connectivity index (χ4v) is 2.54. The van der Waals surface area contributed by atoms with Crippen molar-refractivity contribution in [1.82, 2.24) is 0 Å². The molecule has 2 heterocycles. The number of carbonyl (C=O) groups excluding carboxylic acids is 1. The molecule has 1 aromatic carbocycles. The summed E-state index contributed by atoms with van der Waals surface area (Å²) in [7, 11) is -0.905. The molecule has 5 nitrogen and oxygen atoms in total. The number of hydrogen-bond donors (Lipinski definition) is 1. The molecule has 0 spiro atoms. The van der Waals surface area contributed by atoms with E-state index in [-0.39, 0.29) is 12.1 Å². The van der Waals surface area contributed by atoms with Crippen LogP contribution < -0.4 is 5.46 Å². The van der Waals surface area contributed by atoms with Crippen LogP contribution in [0.3, 0.4) is 0 Å². The number of ketones is 1. The number of ether oxygens (including phenoxy) is 2. The molecule has 0 atom stereocenters. The Morgan fingerprint density at radius 2 is 2.15 bits per heavy atom. The Balaban J connectivity index is 1.55. The molecular weight excluding hydrogens is 259 g/mol. The highest BCUT2D eigenvalue weighted by Crippen LogP contribution is 2.16. The fourth-order valence-electron chi connectivity index (χ4n) is 2.54. The van der Waals surface area contributed by atoms with E-state index < -0.39 is 7.12 Å². The van der Waals surface area contributed by atoms with Gasteiger partial charge in [-0.1, -0.05) is 18.2 Å². The summed E-state index contributed by atoms with van der Waals surface area (Å²) < 4.78 is 15.8. The fraction of sp³-hybridized carbons (Fsp3) is 0.500. The lowest BCUT2D eigenvalue weighted by molar-refractivity contribution is -0.0475. The third-order valence-electron chi connectivity index (χ3n) is 3.67. The van der Waals surface area contributed by atoms with Gasteiger partial charge in [-0.3, -0.25) is 4.79 Å². The van der Waals surface area contributed by atoms with Crippen LogP contribution in [0.25, 0.3) is 0 Å². The topological polar surface area (TPSA) is 65.0 Å². The molecule has 0 aromatic heterocycles. The van der Waals surface area contributed by atoms with Crippen LogP contribution in [0.2, 0.25) is 0 Å². The second-order valence-corrected chi connectivity index (χ2v) is 5.06. The van der Waals surface area contributed by atoms with E-state index in [4.69, 9.17) is 14.1 Å². The minimum Gasteiger partial charge on any atom is -0.423 e. The lowest BCUT2D eigenvalue weighted by Crippen LogP contribution is -2.28. The van der Waals surface area contributed by atoms with Crippen molar-refractivity contribution in [3.05, 3.63) is 29.3 Å². The predicted molar refractivity (Wildman–Crippen MR) is 72.7 cm³/mol. The van der Waals surface area contributed by atoms with Crippen LogP contribution in [0.5, 0.6) is 0 Å². The lowest BCUT2D eigenvalue weighted by Gasteiger charge is -2.08. The Bertz CT molecular complexity index is 498. The van der Waals surface area contributed by atoms with Crippen molar-refractivity contribution < 1.29 is 23.9 Å². The van der Waals surface area contributed by atoms with Crippen molar-refractivity contribution in [2.24, 2.45) is 0 Å². The predicted octanol–water partition coefficient (Wildman–Crippen LogP) is 0.630. The van der Waals surface area contributed by atoms with Gasteiger partial charge in [0.1, 0.15) is 0 Å². The maximum Gasteiger partial charge on any atom is 0.491 e. The van der Waals surface area contributed by atoms with Crippen LogP contribution in [0.1, 0.15) is 35.2 Å². The van der Waals surface area contributed by atoms with Crippen molar-refractivity contribution in [2.45, 2.75) is 32.2 Å². The van der Waals surface area contributed by atoms with Gasteiger partial charge in [-0.25, -0.2) is 0 Å². The Morgan fingerprint density at radius 3 is 2.95 bits per heavy atom. The van der Waals surface area contributed by atoms with Gasteiger partial charge in [0.2, 0.25) is 0 Å². The molecule has 1 fully saturated rings. The Morgan fingerprint density at radius 1 is 1.35 bits per heavy atom. The maximum atomic E-state index is 12.1. The van der Waals surface area contributed by atoms with E-state index in [1.807, 2.05) is 6.07 Å². The van der Waals surface area contributed by atoms with E-state index in [9.17, 15) is 9.82 Å². The minimum absolute atomic E-state index is 0.0740. The van der Waals surface area contributed by atoms with Crippen LogP contribution in [-0.2, 0) is 20.7 Å². The van der Waals surface area contributed by atoms with Gasteiger partial charge >= 0.3 is 7.12 Å². The second-order valence-electron chi connectivity index (χ2n) is 5.06. The first-order valence-electron chi connectivity index (χ1n) is 6.93. The van der Waals surface area contributed by atoms with Crippen LogP contribution in [0, 0.1) is 0 Å². The zero-order valence-electron chi connectivity index (χ0n) is 11.2. The van der Waals surface area contributed by atoms with Gasteiger partial charge in [0.05, 0.1) is 19.8 Å². The average molecular weight is 276 g/mol. The summed E-state index contributed by atoms with van der Waals surface area (Å²) in [6.45, 7) is 1.68. The molecule has 0 unspecified atom stereocenters. The van der Waals surface area contributed by atoms with E-state index >= 15 is 0 Å². The first-order chi connectivity index (χ1) is 9.74. The van der Waals surface area contributed by atoms with Crippen molar-refractivity contribution in [1.29, 1.82) is 0 Å². The van der Waals surface area contributed by atoms with Gasteiger partial charge < -0.3 is 19.2 Å². The summed E-state index contributed by atoms with van der Waals surface area (Å²) in [6.07, 6.45) is 1.78. The normalized spacial score (nSPS) is 18.6. The molecule has 0 radical (unpaired) electrons. The number of Topliss-reactive ketones (excluding diaryl/α,β-unsaturated/α-hetero) is 1. The Hall–Kier alpha value is -1.21. The summed E-state index contributed by atoms with van der Waals surface area (Å²) in [5.74, 6) is 0.0740. The monoisotopic (exact) mass is 276 g/mol. The van der Waals surface area contributed by atoms with Crippen molar-refractivity contribution in [3.63, 3.8) is 0 Å². The van der Waals surface area contributed by atoms with Crippen molar-refractivity contribution in [3.8, 4) is 0 Å². The van der Waals surface area contributed by atoms with Crippen molar-refractivity contribution >= 4 is 18.4 Å². The lowest BCUT2D eigenvalue weighted by atomic mass is 9.78. The molecule has 2 aliphatic heterocycles. The molecule has 6 heteroatoms. The number of carbonyl (C=O) groups is 1. The van der Waals surface area contributed by atoms with E-state index in [1.165, 1.54) is 0 Å². The summed E-state index contributed by atoms with van der Waals surface area (Å²) >= 11 is 0. The molecule has 0 amide bonds. The maximum absolute atomic E-state index is 12.1. The highest BCUT2D eigenvalue weighted by molar-refractivity contribution is 6.61. The molecule has 0 saturated carbocycles. The van der Waals surface area contributed by atoms with Gasteiger partial charge in [0, 0.05) is 12.0 Å². The molecule has 2 aliphatic rings. The largest absolute Gasteiger partial charge is 0.491 e. The minimum atomic E-state index is -0.905. The molecule has 1 saturated heterocycles. The Kier molecular flexibility index (Phi) is 4.17. The van der Waals surface area contributed by atoms with Gasteiger partial charge in [-0.15, -0.1) is 0 Å². The molecule has 1 N–H and O–H groups in total. The SMILES string of the molecule is O=C(CCCC1OCCO1)c1ccc2c(c1)B(O)OC2. The van der Waals surface area contributed by atoms with Gasteiger partial charge in [-0.2, -0.15) is 0 Å².